The third kappa shape index (κ3) is 4.55. The molecule has 10 heteroatoms. The van der Waals surface area contributed by atoms with Crippen LogP contribution >= 0.6 is 0 Å². The number of hydrogen-bond acceptors (Lipinski definition) is 5. The number of halogens is 5. The molecule has 0 aliphatic carbocycles. The molecule has 2 aliphatic rings. The molecule has 0 N–H and O–H groups in total. The van der Waals surface area contributed by atoms with Crippen LogP contribution in [-0.4, -0.2) is 58.8 Å². The topological polar surface area (TPSA) is 49.3 Å². The molecule has 0 bridgehead atoms. The van der Waals surface area contributed by atoms with Gasteiger partial charge in [0.2, 0.25) is 0 Å². The van der Waals surface area contributed by atoms with Gasteiger partial charge < -0.3 is 4.90 Å². The molecule has 5 nitrogen and oxygen atoms in total. The molecule has 2 aromatic rings. The fourth-order valence-electron chi connectivity index (χ4n) is 4.83. The molecule has 1 unspecified atom stereocenters. The minimum atomic E-state index is -4.54. The van der Waals surface area contributed by atoms with Crippen LogP contribution in [0.5, 0.6) is 0 Å². The Bertz CT molecular complexity index is 1000. The van der Waals surface area contributed by atoms with Gasteiger partial charge in [-0.05, 0) is 37.3 Å². The van der Waals surface area contributed by atoms with Crippen molar-refractivity contribution in [3.8, 4) is 0 Å². The maximum atomic E-state index is 13.4. The molecule has 0 saturated carbocycles. The fraction of sp³-hybridized carbons (Fsp3) is 0.591. The van der Waals surface area contributed by atoms with Crippen LogP contribution in [-0.2, 0) is 11.0 Å². The van der Waals surface area contributed by atoms with Gasteiger partial charge in [0.1, 0.15) is 16.8 Å². The molecular weight excluding hydrogens is 431 g/mol. The van der Waals surface area contributed by atoms with E-state index in [2.05, 4.69) is 9.97 Å². The third-order valence-electron chi connectivity index (χ3n) is 6.37. The zero-order chi connectivity index (χ0) is 23.3. The van der Waals surface area contributed by atoms with Crippen LogP contribution in [0.25, 0.3) is 11.0 Å². The van der Waals surface area contributed by atoms with Gasteiger partial charge in [-0.3, -0.25) is 19.7 Å². The standard InChI is InChI=1S/C22H25F5N4O/c1-13-7-15(8-18(32)14(2)31-11-21(23,24)12-31)10-30(9-13)17-4-3-16(22(25,26)27)19-20(17)29-6-5-28-19/h3-6,13-15H,7-12H2,1-2H3/t13-,14?,15-/m0/s1. The quantitative estimate of drug-likeness (QED) is 0.624. The summed E-state index contributed by atoms with van der Waals surface area (Å²) in [5, 5.41) is 0. The lowest BCUT2D eigenvalue weighted by Crippen LogP contribution is -2.61. The number of benzene rings is 1. The van der Waals surface area contributed by atoms with Crippen molar-refractivity contribution in [2.75, 3.05) is 31.1 Å². The van der Waals surface area contributed by atoms with E-state index in [-0.39, 0.29) is 35.1 Å². The number of fused-ring (bicyclic) bond motifs is 1. The van der Waals surface area contributed by atoms with Gasteiger partial charge in [-0.2, -0.15) is 13.2 Å². The summed E-state index contributed by atoms with van der Waals surface area (Å²) in [6.45, 7) is 3.99. The van der Waals surface area contributed by atoms with Crippen LogP contribution in [0.4, 0.5) is 27.6 Å². The molecule has 3 heterocycles. The number of hydrogen-bond donors (Lipinski definition) is 0. The Labute approximate surface area is 182 Å². The van der Waals surface area contributed by atoms with E-state index in [4.69, 9.17) is 0 Å². The van der Waals surface area contributed by atoms with Crippen molar-refractivity contribution in [3.63, 3.8) is 0 Å². The Morgan fingerprint density at radius 2 is 1.81 bits per heavy atom. The van der Waals surface area contributed by atoms with Crippen molar-refractivity contribution in [1.82, 2.24) is 14.9 Å². The number of Topliss-reactive ketones (excluding diaryl/α,β-unsaturated/α-hetero) is 1. The van der Waals surface area contributed by atoms with Crippen LogP contribution in [0, 0.1) is 11.8 Å². The van der Waals surface area contributed by atoms with E-state index in [1.807, 2.05) is 11.8 Å². The van der Waals surface area contributed by atoms with Crippen LogP contribution in [0.15, 0.2) is 24.5 Å². The number of nitrogens with zero attached hydrogens (tertiary/aromatic N) is 4. The first-order valence-electron chi connectivity index (χ1n) is 10.6. The molecule has 32 heavy (non-hydrogen) atoms. The number of likely N-dealkylation sites (tertiary alicyclic amines) is 1. The fourth-order valence-corrected chi connectivity index (χ4v) is 4.83. The molecule has 1 aromatic heterocycles. The lowest BCUT2D eigenvalue weighted by molar-refractivity contribution is -0.155. The Morgan fingerprint density at radius 3 is 2.44 bits per heavy atom. The first-order valence-corrected chi connectivity index (χ1v) is 10.6. The third-order valence-corrected chi connectivity index (χ3v) is 6.37. The number of aromatic nitrogens is 2. The minimum absolute atomic E-state index is 0.0236. The number of rotatable bonds is 5. The Hall–Kier alpha value is -2.36. The molecule has 3 atom stereocenters. The molecule has 1 aromatic carbocycles. The summed E-state index contributed by atoms with van der Waals surface area (Å²) in [7, 11) is 0. The van der Waals surface area contributed by atoms with Gasteiger partial charge in [-0.1, -0.05) is 6.92 Å². The molecular formula is C22H25F5N4O. The second-order valence-corrected chi connectivity index (χ2v) is 9.10. The average molecular weight is 456 g/mol. The van der Waals surface area contributed by atoms with Gasteiger partial charge >= 0.3 is 6.18 Å². The average Bonchev–Trinajstić information content (AvgIpc) is 2.69. The molecule has 2 fully saturated rings. The summed E-state index contributed by atoms with van der Waals surface area (Å²) in [6.07, 6.45) is -0.905. The van der Waals surface area contributed by atoms with Gasteiger partial charge in [0.15, 0.2) is 0 Å². The predicted octanol–water partition coefficient (Wildman–Crippen LogP) is 4.41. The smallest absolute Gasteiger partial charge is 0.369 e. The monoisotopic (exact) mass is 456 g/mol. The summed E-state index contributed by atoms with van der Waals surface area (Å²) < 4.78 is 66.5. The summed E-state index contributed by atoms with van der Waals surface area (Å²) in [4.78, 5) is 24.3. The zero-order valence-corrected chi connectivity index (χ0v) is 17.9. The predicted molar refractivity (Wildman–Crippen MR) is 110 cm³/mol. The zero-order valence-electron chi connectivity index (χ0n) is 17.9. The summed E-state index contributed by atoms with van der Waals surface area (Å²) in [5.41, 5.74) is -0.296. The Morgan fingerprint density at radius 1 is 1.16 bits per heavy atom. The van der Waals surface area contributed by atoms with E-state index >= 15 is 0 Å². The van der Waals surface area contributed by atoms with E-state index in [1.54, 1.807) is 6.92 Å². The SMILES string of the molecule is CC(C(=O)C[C@@H]1C[C@H](C)CN(c2ccc(C(F)(F)F)c3nccnc23)C1)N1CC(F)(F)C1. The highest BCUT2D eigenvalue weighted by molar-refractivity contribution is 5.91. The first kappa shape index (κ1) is 22.8. The number of ketones is 1. The molecule has 0 amide bonds. The second-order valence-electron chi connectivity index (χ2n) is 9.10. The van der Waals surface area contributed by atoms with Crippen molar-refractivity contribution < 1.29 is 26.7 Å². The molecule has 0 spiro atoms. The number of piperidine rings is 1. The molecule has 2 aliphatic heterocycles. The van der Waals surface area contributed by atoms with Gasteiger partial charge in [-0.25, -0.2) is 8.78 Å². The van der Waals surface area contributed by atoms with E-state index in [0.717, 1.165) is 12.5 Å². The van der Waals surface area contributed by atoms with Crippen LogP contribution in [0.3, 0.4) is 0 Å². The number of carbonyl (C=O) groups is 1. The van der Waals surface area contributed by atoms with Crippen molar-refractivity contribution in [1.29, 1.82) is 0 Å². The maximum absolute atomic E-state index is 13.4. The number of alkyl halides is 5. The normalized spacial score (nSPS) is 24.9. The van der Waals surface area contributed by atoms with Gasteiger partial charge in [0, 0.05) is 31.9 Å². The highest BCUT2D eigenvalue weighted by Crippen LogP contribution is 2.38. The number of anilines is 1. The van der Waals surface area contributed by atoms with Crippen LogP contribution in [0.1, 0.15) is 32.3 Å². The van der Waals surface area contributed by atoms with Crippen LogP contribution in [0.2, 0.25) is 0 Å². The van der Waals surface area contributed by atoms with Gasteiger partial charge in [0.05, 0.1) is 30.4 Å². The van der Waals surface area contributed by atoms with Crippen molar-refractivity contribution in [3.05, 3.63) is 30.1 Å². The van der Waals surface area contributed by atoms with E-state index < -0.39 is 36.8 Å². The molecule has 0 radical (unpaired) electrons. The first-order chi connectivity index (χ1) is 14.9. The highest BCUT2D eigenvalue weighted by Gasteiger charge is 2.47. The lowest BCUT2D eigenvalue weighted by atomic mass is 9.85. The molecule has 4 rings (SSSR count). The minimum Gasteiger partial charge on any atom is -0.369 e. The second kappa shape index (κ2) is 8.20. The largest absolute Gasteiger partial charge is 0.418 e. The Balaban J connectivity index is 1.53. The van der Waals surface area contributed by atoms with Crippen molar-refractivity contribution >= 4 is 22.5 Å². The maximum Gasteiger partial charge on any atom is 0.418 e. The molecule has 174 valence electrons. The summed E-state index contributed by atoms with van der Waals surface area (Å²) in [6, 6.07) is 1.87. The lowest BCUT2D eigenvalue weighted by Gasteiger charge is -2.43. The van der Waals surface area contributed by atoms with Gasteiger partial charge in [-0.15, -0.1) is 0 Å². The Kier molecular flexibility index (Phi) is 5.85. The van der Waals surface area contributed by atoms with E-state index in [0.29, 0.717) is 18.8 Å². The van der Waals surface area contributed by atoms with Crippen molar-refractivity contribution in [2.24, 2.45) is 11.8 Å². The molecule has 2 saturated heterocycles. The van der Waals surface area contributed by atoms with E-state index in [9.17, 15) is 26.7 Å². The number of carbonyl (C=O) groups excluding carboxylic acids is 1. The summed E-state index contributed by atoms with van der Waals surface area (Å²) in [5.74, 6) is -2.63. The summed E-state index contributed by atoms with van der Waals surface area (Å²) >= 11 is 0. The van der Waals surface area contributed by atoms with Crippen molar-refractivity contribution in [2.45, 2.75) is 44.8 Å². The van der Waals surface area contributed by atoms with Crippen LogP contribution < -0.4 is 4.90 Å². The van der Waals surface area contributed by atoms with Gasteiger partial charge in [0.25, 0.3) is 5.92 Å². The van der Waals surface area contributed by atoms with E-state index in [1.165, 1.54) is 23.4 Å². The highest BCUT2D eigenvalue weighted by atomic mass is 19.4.